The molecule has 1 aliphatic rings. The number of benzene rings is 1. The van der Waals surface area contributed by atoms with E-state index < -0.39 is 0 Å². The van der Waals surface area contributed by atoms with Crippen molar-refractivity contribution in [2.45, 2.75) is 13.8 Å². The average molecular weight is 295 g/mol. The van der Waals surface area contributed by atoms with Crippen molar-refractivity contribution in [3.05, 3.63) is 23.2 Å². The van der Waals surface area contributed by atoms with Gasteiger partial charge in [0.15, 0.2) is 11.5 Å². The van der Waals surface area contributed by atoms with Gasteiger partial charge < -0.3 is 19.7 Å². The van der Waals surface area contributed by atoms with Gasteiger partial charge in [-0.1, -0.05) is 30.6 Å². The molecule has 0 bridgehead atoms. The number of aromatic nitrogens is 1. The van der Waals surface area contributed by atoms with E-state index in [0.717, 1.165) is 0 Å². The van der Waals surface area contributed by atoms with E-state index in [4.69, 9.17) is 31.3 Å². The number of nitrogens with zero attached hydrogens (tertiary/aromatic N) is 1. The molecule has 1 aliphatic heterocycles. The van der Waals surface area contributed by atoms with Gasteiger partial charge in [-0.25, -0.2) is 0 Å². The highest BCUT2D eigenvalue weighted by Crippen LogP contribution is 2.41. The fourth-order valence-corrected chi connectivity index (χ4v) is 2.21. The van der Waals surface area contributed by atoms with Gasteiger partial charge in [0.2, 0.25) is 5.88 Å². The van der Waals surface area contributed by atoms with E-state index in [-0.39, 0.29) is 11.3 Å². The summed E-state index contributed by atoms with van der Waals surface area (Å²) in [4.78, 5) is 0. The summed E-state index contributed by atoms with van der Waals surface area (Å²) in [5.41, 5.74) is 6.76. The number of nitrogens with two attached hydrogens (primary N) is 1. The number of hydrogen-bond acceptors (Lipinski definition) is 5. The van der Waals surface area contributed by atoms with E-state index in [1.807, 2.05) is 0 Å². The number of rotatable bonds is 1. The molecule has 0 fully saturated rings. The molecule has 0 aliphatic carbocycles. The molecule has 2 aromatic rings. The normalized spacial score (nSPS) is 16.8. The van der Waals surface area contributed by atoms with Gasteiger partial charge >= 0.3 is 0 Å². The molecule has 0 atom stereocenters. The van der Waals surface area contributed by atoms with Crippen LogP contribution in [-0.4, -0.2) is 18.4 Å². The molecule has 106 valence electrons. The monoisotopic (exact) mass is 294 g/mol. The summed E-state index contributed by atoms with van der Waals surface area (Å²) in [6, 6.07) is 5.16. The second-order valence-corrected chi connectivity index (χ2v) is 6.04. The van der Waals surface area contributed by atoms with Crippen molar-refractivity contribution in [2.75, 3.05) is 18.9 Å². The summed E-state index contributed by atoms with van der Waals surface area (Å²) in [6.45, 7) is 5.31. The molecule has 1 aromatic heterocycles. The van der Waals surface area contributed by atoms with Crippen LogP contribution in [0.4, 0.5) is 5.88 Å². The Balaban J connectivity index is 2.02. The van der Waals surface area contributed by atoms with Crippen LogP contribution in [0.25, 0.3) is 11.3 Å². The van der Waals surface area contributed by atoms with Gasteiger partial charge in [-0.15, -0.1) is 0 Å². The molecule has 0 spiro atoms. The van der Waals surface area contributed by atoms with Crippen molar-refractivity contribution in [3.8, 4) is 22.8 Å². The number of halogens is 1. The first-order valence-corrected chi connectivity index (χ1v) is 6.64. The molecule has 5 nitrogen and oxygen atoms in total. The lowest BCUT2D eigenvalue weighted by molar-refractivity contribution is 0.140. The van der Waals surface area contributed by atoms with E-state index in [9.17, 15) is 0 Å². The smallest absolute Gasteiger partial charge is 0.222 e. The largest absolute Gasteiger partial charge is 0.489 e. The molecule has 0 amide bonds. The molecule has 2 N–H and O–H groups in total. The van der Waals surface area contributed by atoms with Crippen LogP contribution in [0.1, 0.15) is 13.8 Å². The van der Waals surface area contributed by atoms with Crippen molar-refractivity contribution in [1.29, 1.82) is 0 Å². The van der Waals surface area contributed by atoms with Crippen molar-refractivity contribution in [3.63, 3.8) is 0 Å². The molecule has 0 radical (unpaired) electrons. The summed E-state index contributed by atoms with van der Waals surface area (Å²) in [7, 11) is 0. The Kier molecular flexibility index (Phi) is 3.01. The van der Waals surface area contributed by atoms with Crippen LogP contribution in [-0.2, 0) is 0 Å². The maximum Gasteiger partial charge on any atom is 0.222 e. The minimum absolute atomic E-state index is 0.0516. The van der Waals surface area contributed by atoms with E-state index in [1.165, 1.54) is 0 Å². The third-order valence-corrected chi connectivity index (χ3v) is 3.39. The van der Waals surface area contributed by atoms with E-state index in [1.54, 1.807) is 18.2 Å². The van der Waals surface area contributed by atoms with Crippen LogP contribution < -0.4 is 15.2 Å². The highest BCUT2D eigenvalue weighted by Gasteiger charge is 2.26. The van der Waals surface area contributed by atoms with Gasteiger partial charge in [0.05, 0.1) is 18.2 Å². The molecule has 3 rings (SSSR count). The first-order valence-electron chi connectivity index (χ1n) is 6.26. The highest BCUT2D eigenvalue weighted by molar-refractivity contribution is 6.33. The standard InChI is InChI=1S/C14H15ClN2O3/c1-14(2)6-18-11-3-8(10-5-13(16)20-17-10)9(15)4-12(11)19-7-14/h3-5H,6-7,16H2,1-2H3. The van der Waals surface area contributed by atoms with Crippen molar-refractivity contribution in [2.24, 2.45) is 5.41 Å². The first-order chi connectivity index (χ1) is 9.44. The van der Waals surface area contributed by atoms with Gasteiger partial charge in [0.25, 0.3) is 0 Å². The van der Waals surface area contributed by atoms with Crippen molar-refractivity contribution >= 4 is 17.5 Å². The molecule has 0 saturated carbocycles. The highest BCUT2D eigenvalue weighted by atomic mass is 35.5. The number of ether oxygens (including phenoxy) is 2. The minimum atomic E-state index is -0.0516. The zero-order valence-corrected chi connectivity index (χ0v) is 12.0. The lowest BCUT2D eigenvalue weighted by atomic mass is 9.97. The summed E-state index contributed by atoms with van der Waals surface area (Å²) < 4.78 is 16.4. The maximum atomic E-state index is 6.27. The Morgan fingerprint density at radius 2 is 1.80 bits per heavy atom. The van der Waals surface area contributed by atoms with Crippen molar-refractivity contribution < 1.29 is 14.0 Å². The van der Waals surface area contributed by atoms with Gasteiger partial charge in [-0.05, 0) is 6.07 Å². The fourth-order valence-electron chi connectivity index (χ4n) is 1.96. The molecule has 1 aromatic carbocycles. The van der Waals surface area contributed by atoms with Crippen LogP contribution in [0.15, 0.2) is 22.7 Å². The van der Waals surface area contributed by atoms with E-state index in [2.05, 4.69) is 19.0 Å². The second kappa shape index (κ2) is 4.59. The Labute approximate surface area is 121 Å². The molecule has 6 heteroatoms. The third-order valence-electron chi connectivity index (χ3n) is 3.07. The Bertz CT molecular complexity index is 652. The zero-order chi connectivity index (χ0) is 14.3. The SMILES string of the molecule is CC1(C)COc2cc(Cl)c(-c3cc(N)on3)cc2OC1. The fraction of sp³-hybridized carbons (Fsp3) is 0.357. The lowest BCUT2D eigenvalue weighted by Gasteiger charge is -2.19. The second-order valence-electron chi connectivity index (χ2n) is 5.63. The van der Waals surface area contributed by atoms with Gasteiger partial charge in [-0.2, -0.15) is 0 Å². The summed E-state index contributed by atoms with van der Waals surface area (Å²) in [5, 5.41) is 4.38. The first kappa shape index (κ1) is 13.1. The predicted molar refractivity (Wildman–Crippen MR) is 76.1 cm³/mol. The topological polar surface area (TPSA) is 70.5 Å². The predicted octanol–water partition coefficient (Wildman–Crippen LogP) is 3.37. The lowest BCUT2D eigenvalue weighted by Crippen LogP contribution is -2.26. The number of hydrogen-bond donors (Lipinski definition) is 1. The van der Waals surface area contributed by atoms with Gasteiger partial charge in [0, 0.05) is 23.1 Å². The van der Waals surface area contributed by atoms with E-state index in [0.29, 0.717) is 41.0 Å². The van der Waals surface area contributed by atoms with E-state index >= 15 is 0 Å². The number of nitrogen functional groups attached to an aromatic ring is 1. The average Bonchev–Trinajstić information content (AvgIpc) is 2.75. The van der Waals surface area contributed by atoms with Crippen LogP contribution in [0.5, 0.6) is 11.5 Å². The summed E-state index contributed by atoms with van der Waals surface area (Å²) in [6.07, 6.45) is 0. The molecule has 2 heterocycles. The van der Waals surface area contributed by atoms with Gasteiger partial charge in [-0.3, -0.25) is 0 Å². The van der Waals surface area contributed by atoms with Crippen LogP contribution in [0.2, 0.25) is 5.02 Å². The molecular formula is C14H15ClN2O3. The van der Waals surface area contributed by atoms with Crippen LogP contribution in [0, 0.1) is 5.41 Å². The van der Waals surface area contributed by atoms with Crippen molar-refractivity contribution in [1.82, 2.24) is 5.16 Å². The van der Waals surface area contributed by atoms with Gasteiger partial charge in [0.1, 0.15) is 5.69 Å². The Morgan fingerprint density at radius 3 is 2.40 bits per heavy atom. The number of fused-ring (bicyclic) bond motifs is 1. The molecular weight excluding hydrogens is 280 g/mol. The van der Waals surface area contributed by atoms with Crippen LogP contribution >= 0.6 is 11.6 Å². The quantitative estimate of drug-likeness (QED) is 0.873. The Hall–Kier alpha value is -1.88. The zero-order valence-electron chi connectivity index (χ0n) is 11.3. The third kappa shape index (κ3) is 2.41. The van der Waals surface area contributed by atoms with Crippen LogP contribution in [0.3, 0.4) is 0 Å². The summed E-state index contributed by atoms with van der Waals surface area (Å²) in [5.74, 6) is 1.53. The minimum Gasteiger partial charge on any atom is -0.489 e. The Morgan fingerprint density at radius 1 is 1.15 bits per heavy atom. The summed E-state index contributed by atoms with van der Waals surface area (Å²) >= 11 is 6.27. The molecule has 20 heavy (non-hydrogen) atoms. The molecule has 0 saturated heterocycles. The maximum absolute atomic E-state index is 6.27. The number of anilines is 1. The molecule has 0 unspecified atom stereocenters.